The Hall–Kier alpha value is -1.10. The van der Waals surface area contributed by atoms with Crippen LogP contribution in [0.15, 0.2) is 10.9 Å². The van der Waals surface area contributed by atoms with Crippen molar-refractivity contribution in [1.82, 2.24) is 4.98 Å². The van der Waals surface area contributed by atoms with Gasteiger partial charge in [0.15, 0.2) is 0 Å². The van der Waals surface area contributed by atoms with Crippen molar-refractivity contribution in [3.63, 3.8) is 0 Å². The first-order valence-corrected chi connectivity index (χ1v) is 3.89. The van der Waals surface area contributed by atoms with E-state index in [4.69, 9.17) is 16.7 Å². The molecule has 0 atom stereocenters. The van der Waals surface area contributed by atoms with E-state index in [1.54, 1.807) is 0 Å². The van der Waals surface area contributed by atoms with Gasteiger partial charge in [0.25, 0.3) is 6.43 Å². The number of rotatable bonds is 2. The SMILES string of the molecule is O=c1cc(C(F)F)c(O)c(CCl)[nH]1. The lowest BCUT2D eigenvalue weighted by atomic mass is 10.2. The van der Waals surface area contributed by atoms with Crippen LogP contribution in [-0.2, 0) is 5.88 Å². The maximum Gasteiger partial charge on any atom is 0.267 e. The molecule has 13 heavy (non-hydrogen) atoms. The van der Waals surface area contributed by atoms with Crippen LogP contribution in [-0.4, -0.2) is 10.1 Å². The third-order valence-corrected chi connectivity index (χ3v) is 1.76. The molecule has 0 aliphatic rings. The monoisotopic (exact) mass is 209 g/mol. The molecule has 2 N–H and O–H groups in total. The van der Waals surface area contributed by atoms with Gasteiger partial charge in [0.2, 0.25) is 5.56 Å². The predicted octanol–water partition coefficient (Wildman–Crippen LogP) is 1.76. The fraction of sp³-hybridized carbons (Fsp3) is 0.286. The minimum absolute atomic E-state index is 0.0931. The van der Waals surface area contributed by atoms with Gasteiger partial charge in [-0.2, -0.15) is 0 Å². The van der Waals surface area contributed by atoms with Crippen molar-refractivity contribution < 1.29 is 13.9 Å². The number of halogens is 3. The number of hydrogen-bond acceptors (Lipinski definition) is 2. The molecule has 0 spiro atoms. The van der Waals surface area contributed by atoms with E-state index < -0.39 is 23.3 Å². The Labute approximate surface area is 77.0 Å². The molecule has 1 aromatic heterocycles. The number of aromatic amines is 1. The van der Waals surface area contributed by atoms with Gasteiger partial charge in [-0.25, -0.2) is 8.78 Å². The molecule has 1 heterocycles. The third-order valence-electron chi connectivity index (χ3n) is 1.49. The number of aromatic hydroxyl groups is 1. The molecule has 0 aliphatic heterocycles. The average Bonchev–Trinajstić information content (AvgIpc) is 2.08. The van der Waals surface area contributed by atoms with E-state index in [1.165, 1.54) is 0 Å². The standard InChI is InChI=1S/C7H6ClF2NO2/c8-2-4-6(13)3(7(9)10)1-5(12)11-4/h1,7,13H,2H2,(H,11,12). The molecule has 0 saturated carbocycles. The van der Waals surface area contributed by atoms with Gasteiger partial charge in [0.1, 0.15) is 5.75 Å². The van der Waals surface area contributed by atoms with Crippen LogP contribution < -0.4 is 5.56 Å². The summed E-state index contributed by atoms with van der Waals surface area (Å²) >= 11 is 5.31. The van der Waals surface area contributed by atoms with Gasteiger partial charge < -0.3 is 10.1 Å². The largest absolute Gasteiger partial charge is 0.506 e. The Morgan fingerprint density at radius 3 is 2.69 bits per heavy atom. The van der Waals surface area contributed by atoms with Crippen LogP contribution in [0.5, 0.6) is 5.75 Å². The summed E-state index contributed by atoms with van der Waals surface area (Å²) in [7, 11) is 0. The van der Waals surface area contributed by atoms with E-state index in [0.717, 1.165) is 0 Å². The van der Waals surface area contributed by atoms with Gasteiger partial charge in [-0.1, -0.05) is 0 Å². The molecular weight excluding hydrogens is 204 g/mol. The van der Waals surface area contributed by atoms with E-state index >= 15 is 0 Å². The minimum Gasteiger partial charge on any atom is -0.506 e. The highest BCUT2D eigenvalue weighted by Gasteiger charge is 2.16. The fourth-order valence-electron chi connectivity index (χ4n) is 0.891. The zero-order chi connectivity index (χ0) is 10.0. The van der Waals surface area contributed by atoms with E-state index in [2.05, 4.69) is 4.98 Å². The van der Waals surface area contributed by atoms with Gasteiger partial charge in [-0.3, -0.25) is 4.79 Å². The molecule has 0 aromatic carbocycles. The van der Waals surface area contributed by atoms with Crippen LogP contribution in [0, 0.1) is 0 Å². The first-order chi connectivity index (χ1) is 6.06. The molecule has 0 bridgehead atoms. The van der Waals surface area contributed by atoms with Crippen LogP contribution in [0.25, 0.3) is 0 Å². The Morgan fingerprint density at radius 1 is 1.62 bits per heavy atom. The first-order valence-electron chi connectivity index (χ1n) is 3.35. The Kier molecular flexibility index (Phi) is 2.87. The summed E-state index contributed by atoms with van der Waals surface area (Å²) in [6.45, 7) is 0. The molecule has 72 valence electrons. The minimum atomic E-state index is -2.88. The van der Waals surface area contributed by atoms with E-state index in [0.29, 0.717) is 6.07 Å². The van der Waals surface area contributed by atoms with Crippen molar-refractivity contribution in [2.45, 2.75) is 12.3 Å². The highest BCUT2D eigenvalue weighted by molar-refractivity contribution is 6.17. The number of nitrogens with one attached hydrogen (secondary N) is 1. The van der Waals surface area contributed by atoms with Gasteiger partial charge in [-0.05, 0) is 0 Å². The summed E-state index contributed by atoms with van der Waals surface area (Å²) in [6, 6.07) is 0.649. The molecule has 0 radical (unpaired) electrons. The second-order valence-corrected chi connectivity index (χ2v) is 2.62. The molecular formula is C7H6ClF2NO2. The first kappa shape index (κ1) is 9.98. The van der Waals surface area contributed by atoms with E-state index in [-0.39, 0.29) is 11.6 Å². The molecule has 0 aliphatic carbocycles. The molecule has 1 rings (SSSR count). The Bertz CT molecular complexity index is 364. The molecule has 0 amide bonds. The van der Waals surface area contributed by atoms with E-state index in [9.17, 15) is 13.6 Å². The predicted molar refractivity (Wildman–Crippen MR) is 43.2 cm³/mol. The zero-order valence-electron chi connectivity index (χ0n) is 6.35. The van der Waals surface area contributed by atoms with Gasteiger partial charge in [0, 0.05) is 6.07 Å². The van der Waals surface area contributed by atoms with Gasteiger partial charge in [0.05, 0.1) is 17.1 Å². The normalized spacial score (nSPS) is 10.8. The van der Waals surface area contributed by atoms with Crippen LogP contribution in [0.3, 0.4) is 0 Å². The summed E-state index contributed by atoms with van der Waals surface area (Å²) in [4.78, 5) is 12.9. The summed E-state index contributed by atoms with van der Waals surface area (Å²) in [5, 5.41) is 9.15. The second-order valence-electron chi connectivity index (χ2n) is 2.35. The van der Waals surface area contributed by atoms with Crippen molar-refractivity contribution in [1.29, 1.82) is 0 Å². The average molecular weight is 210 g/mol. The molecule has 6 heteroatoms. The summed E-state index contributed by atoms with van der Waals surface area (Å²) < 4.78 is 24.3. The fourth-order valence-corrected chi connectivity index (χ4v) is 1.08. The molecule has 0 fully saturated rings. The van der Waals surface area contributed by atoms with Gasteiger partial charge >= 0.3 is 0 Å². The van der Waals surface area contributed by atoms with Crippen molar-refractivity contribution in [3.05, 3.63) is 27.7 Å². The molecule has 3 nitrogen and oxygen atoms in total. The molecule has 0 saturated heterocycles. The van der Waals surface area contributed by atoms with Crippen molar-refractivity contribution >= 4 is 11.6 Å². The van der Waals surface area contributed by atoms with Crippen LogP contribution in [0.2, 0.25) is 0 Å². The zero-order valence-corrected chi connectivity index (χ0v) is 7.11. The number of alkyl halides is 3. The Balaban J connectivity index is 3.36. The van der Waals surface area contributed by atoms with Gasteiger partial charge in [-0.15, -0.1) is 11.6 Å². The lowest BCUT2D eigenvalue weighted by Gasteiger charge is -2.05. The third kappa shape index (κ3) is 1.98. The maximum absolute atomic E-state index is 12.2. The van der Waals surface area contributed by atoms with Crippen LogP contribution >= 0.6 is 11.6 Å². The summed E-state index contributed by atoms with van der Waals surface area (Å²) in [5.41, 5.74) is -1.49. The number of aromatic nitrogens is 1. The number of pyridine rings is 1. The highest BCUT2D eigenvalue weighted by Crippen LogP contribution is 2.28. The van der Waals surface area contributed by atoms with Crippen molar-refractivity contribution in [2.24, 2.45) is 0 Å². The topological polar surface area (TPSA) is 53.1 Å². The number of hydrogen-bond donors (Lipinski definition) is 2. The molecule has 0 unspecified atom stereocenters. The summed E-state index contributed by atoms with van der Waals surface area (Å²) in [5.74, 6) is -0.869. The van der Waals surface area contributed by atoms with E-state index in [1.807, 2.05) is 0 Å². The maximum atomic E-state index is 12.2. The lowest BCUT2D eigenvalue weighted by Crippen LogP contribution is -2.09. The summed E-state index contributed by atoms with van der Waals surface area (Å²) in [6.07, 6.45) is -2.88. The smallest absolute Gasteiger partial charge is 0.267 e. The van der Waals surface area contributed by atoms with Crippen molar-refractivity contribution in [2.75, 3.05) is 0 Å². The highest BCUT2D eigenvalue weighted by atomic mass is 35.5. The number of H-pyrrole nitrogens is 1. The van der Waals surface area contributed by atoms with Crippen LogP contribution in [0.4, 0.5) is 8.78 Å². The molecule has 1 aromatic rings. The quantitative estimate of drug-likeness (QED) is 0.730. The van der Waals surface area contributed by atoms with Crippen LogP contribution in [0.1, 0.15) is 17.7 Å². The van der Waals surface area contributed by atoms with Crippen molar-refractivity contribution in [3.8, 4) is 5.75 Å². The lowest BCUT2D eigenvalue weighted by molar-refractivity contribution is 0.147. The Morgan fingerprint density at radius 2 is 2.23 bits per heavy atom. The second kappa shape index (κ2) is 3.74.